The Morgan fingerprint density at radius 1 is 1.25 bits per heavy atom. The van der Waals surface area contributed by atoms with Gasteiger partial charge in [-0.1, -0.05) is 0 Å². The summed E-state index contributed by atoms with van der Waals surface area (Å²) in [4.78, 5) is 29.9. The van der Waals surface area contributed by atoms with Crippen LogP contribution in [0.25, 0.3) is 0 Å². The topological polar surface area (TPSA) is 54.8 Å². The van der Waals surface area contributed by atoms with Crippen LogP contribution < -0.4 is 5.56 Å². The Morgan fingerprint density at radius 2 is 1.96 bits per heavy atom. The zero-order chi connectivity index (χ0) is 17.3. The maximum atomic E-state index is 13.0. The highest BCUT2D eigenvalue weighted by atomic mass is 16.5. The molecule has 1 aromatic rings. The van der Waals surface area contributed by atoms with E-state index in [0.29, 0.717) is 25.2 Å². The predicted molar refractivity (Wildman–Crippen MR) is 92.6 cm³/mol. The number of pyridine rings is 1. The molecular weight excluding hydrogens is 306 g/mol. The molecule has 6 nitrogen and oxygen atoms in total. The fourth-order valence-corrected chi connectivity index (χ4v) is 3.57. The lowest BCUT2D eigenvalue weighted by Gasteiger charge is -2.32. The molecule has 2 aliphatic rings. The van der Waals surface area contributed by atoms with Gasteiger partial charge in [-0.3, -0.25) is 9.59 Å². The van der Waals surface area contributed by atoms with Crippen LogP contribution in [0.2, 0.25) is 0 Å². The largest absolute Gasteiger partial charge is 0.376 e. The minimum absolute atomic E-state index is 0.0793. The van der Waals surface area contributed by atoms with E-state index < -0.39 is 0 Å². The number of amides is 1. The Bertz CT molecular complexity index is 669. The van der Waals surface area contributed by atoms with Crippen LogP contribution in [-0.4, -0.2) is 66.2 Å². The molecule has 1 amide bonds. The van der Waals surface area contributed by atoms with E-state index in [1.807, 2.05) is 27.0 Å². The van der Waals surface area contributed by atoms with Gasteiger partial charge in [-0.25, -0.2) is 0 Å². The summed E-state index contributed by atoms with van der Waals surface area (Å²) < 4.78 is 7.38. The molecule has 2 saturated heterocycles. The van der Waals surface area contributed by atoms with E-state index >= 15 is 0 Å². The van der Waals surface area contributed by atoms with E-state index in [1.165, 1.54) is 0 Å². The highest BCUT2D eigenvalue weighted by Crippen LogP contribution is 2.16. The van der Waals surface area contributed by atoms with Crippen molar-refractivity contribution in [3.63, 3.8) is 0 Å². The van der Waals surface area contributed by atoms with Gasteiger partial charge in [0, 0.05) is 38.5 Å². The molecule has 132 valence electrons. The minimum atomic E-state index is -0.174. The summed E-state index contributed by atoms with van der Waals surface area (Å²) in [5, 5.41) is 0. The van der Waals surface area contributed by atoms with Gasteiger partial charge in [-0.15, -0.1) is 0 Å². The average molecular weight is 333 g/mol. The summed E-state index contributed by atoms with van der Waals surface area (Å²) in [5.74, 6) is -0.133. The van der Waals surface area contributed by atoms with Gasteiger partial charge in [0.25, 0.3) is 11.5 Å². The molecule has 0 saturated carbocycles. The van der Waals surface area contributed by atoms with Gasteiger partial charge < -0.3 is 19.1 Å². The highest BCUT2D eigenvalue weighted by molar-refractivity contribution is 5.95. The van der Waals surface area contributed by atoms with E-state index in [0.717, 1.165) is 43.8 Å². The second kappa shape index (κ2) is 7.07. The summed E-state index contributed by atoms with van der Waals surface area (Å²) >= 11 is 0. The molecule has 0 spiro atoms. The Hall–Kier alpha value is -1.66. The molecule has 3 heterocycles. The van der Waals surface area contributed by atoms with Crippen LogP contribution in [0, 0.1) is 13.8 Å². The lowest BCUT2D eigenvalue weighted by molar-refractivity contribution is 0.0658. The normalized spacial score (nSPS) is 22.1. The quantitative estimate of drug-likeness (QED) is 0.829. The van der Waals surface area contributed by atoms with Crippen molar-refractivity contribution in [2.45, 2.75) is 39.3 Å². The summed E-state index contributed by atoms with van der Waals surface area (Å²) in [6.45, 7) is 8.12. The van der Waals surface area contributed by atoms with Gasteiger partial charge in [-0.2, -0.15) is 0 Å². The van der Waals surface area contributed by atoms with Crippen molar-refractivity contribution < 1.29 is 9.53 Å². The van der Waals surface area contributed by atoms with Gasteiger partial charge in [0.2, 0.25) is 0 Å². The van der Waals surface area contributed by atoms with Gasteiger partial charge in [-0.05, 0) is 45.4 Å². The van der Waals surface area contributed by atoms with Crippen molar-refractivity contribution in [1.29, 1.82) is 0 Å². The monoisotopic (exact) mass is 333 g/mol. The zero-order valence-electron chi connectivity index (χ0n) is 14.9. The van der Waals surface area contributed by atoms with Gasteiger partial charge in [0.15, 0.2) is 0 Å². The second-order valence-electron chi connectivity index (χ2n) is 6.99. The van der Waals surface area contributed by atoms with Crippen molar-refractivity contribution in [3.8, 4) is 0 Å². The Labute approximate surface area is 143 Å². The standard InChI is InChI=1S/C18H27N3O3/c1-13-11-14(2)21(12-15-5-4-10-24-15)18(23)16(13)17(22)20-8-6-19(3)7-9-20/h11,15H,4-10,12H2,1-3H3/t15-/m1/s1. The number of hydrogen-bond acceptors (Lipinski definition) is 4. The summed E-state index contributed by atoms with van der Waals surface area (Å²) in [6.07, 6.45) is 2.09. The predicted octanol–water partition coefficient (Wildman–Crippen LogP) is 1.03. The summed E-state index contributed by atoms with van der Waals surface area (Å²) in [7, 11) is 2.05. The van der Waals surface area contributed by atoms with Gasteiger partial charge in [0.1, 0.15) is 5.56 Å². The molecule has 1 aromatic heterocycles. The van der Waals surface area contributed by atoms with Crippen LogP contribution in [-0.2, 0) is 11.3 Å². The van der Waals surface area contributed by atoms with E-state index in [1.54, 1.807) is 9.47 Å². The molecule has 6 heteroatoms. The third-order valence-electron chi connectivity index (χ3n) is 5.12. The lowest BCUT2D eigenvalue weighted by Crippen LogP contribution is -2.49. The van der Waals surface area contributed by atoms with Crippen LogP contribution in [0.15, 0.2) is 10.9 Å². The first kappa shape index (κ1) is 17.2. The number of carbonyl (C=O) groups is 1. The molecular formula is C18H27N3O3. The average Bonchev–Trinajstić information content (AvgIpc) is 3.05. The number of piperazine rings is 1. The number of likely N-dealkylation sites (N-methyl/N-ethyl adjacent to an activating group) is 1. The van der Waals surface area contributed by atoms with Gasteiger partial charge in [0.05, 0.1) is 12.6 Å². The van der Waals surface area contributed by atoms with Crippen LogP contribution in [0.3, 0.4) is 0 Å². The van der Waals surface area contributed by atoms with Crippen molar-refractivity contribution in [2.75, 3.05) is 39.8 Å². The Kier molecular flexibility index (Phi) is 5.06. The van der Waals surface area contributed by atoms with Crippen molar-refractivity contribution in [3.05, 3.63) is 33.2 Å². The minimum Gasteiger partial charge on any atom is -0.376 e. The van der Waals surface area contributed by atoms with E-state index in [9.17, 15) is 9.59 Å². The number of rotatable bonds is 3. The molecule has 0 aromatic carbocycles. The zero-order valence-corrected chi connectivity index (χ0v) is 14.9. The highest BCUT2D eigenvalue weighted by Gasteiger charge is 2.26. The van der Waals surface area contributed by atoms with E-state index in [2.05, 4.69) is 4.90 Å². The number of hydrogen-bond donors (Lipinski definition) is 0. The van der Waals surface area contributed by atoms with E-state index in [4.69, 9.17) is 4.74 Å². The molecule has 0 unspecified atom stereocenters. The number of nitrogens with zero attached hydrogens (tertiary/aromatic N) is 3. The van der Waals surface area contributed by atoms with Crippen LogP contribution >= 0.6 is 0 Å². The molecule has 0 N–H and O–H groups in total. The molecule has 3 rings (SSSR count). The molecule has 2 fully saturated rings. The van der Waals surface area contributed by atoms with Crippen LogP contribution in [0.5, 0.6) is 0 Å². The maximum absolute atomic E-state index is 13.0. The van der Waals surface area contributed by atoms with Gasteiger partial charge >= 0.3 is 0 Å². The number of aromatic nitrogens is 1. The third kappa shape index (κ3) is 3.39. The van der Waals surface area contributed by atoms with Crippen LogP contribution in [0.1, 0.15) is 34.5 Å². The molecule has 24 heavy (non-hydrogen) atoms. The van der Waals surface area contributed by atoms with Crippen LogP contribution in [0.4, 0.5) is 0 Å². The lowest BCUT2D eigenvalue weighted by atomic mass is 10.1. The Balaban J connectivity index is 1.89. The van der Waals surface area contributed by atoms with Crippen molar-refractivity contribution in [2.24, 2.45) is 0 Å². The first-order chi connectivity index (χ1) is 11.5. The number of aryl methyl sites for hydroxylation is 2. The fraction of sp³-hybridized carbons (Fsp3) is 0.667. The third-order valence-corrected chi connectivity index (χ3v) is 5.12. The fourth-order valence-electron chi connectivity index (χ4n) is 3.57. The Morgan fingerprint density at radius 3 is 2.58 bits per heavy atom. The van der Waals surface area contributed by atoms with E-state index in [-0.39, 0.29) is 17.6 Å². The molecule has 1 atom stereocenters. The summed E-state index contributed by atoms with van der Waals surface area (Å²) in [5.41, 5.74) is 1.81. The second-order valence-corrected chi connectivity index (χ2v) is 6.99. The first-order valence-electron chi connectivity index (χ1n) is 8.78. The molecule has 2 aliphatic heterocycles. The smallest absolute Gasteiger partial charge is 0.263 e. The molecule has 0 aliphatic carbocycles. The molecule has 0 bridgehead atoms. The van der Waals surface area contributed by atoms with Crippen molar-refractivity contribution >= 4 is 5.91 Å². The maximum Gasteiger partial charge on any atom is 0.263 e. The van der Waals surface area contributed by atoms with Crippen molar-refractivity contribution in [1.82, 2.24) is 14.4 Å². The first-order valence-corrected chi connectivity index (χ1v) is 8.78. The number of carbonyl (C=O) groups excluding carboxylic acids is 1. The molecule has 0 radical (unpaired) electrons. The summed E-state index contributed by atoms with van der Waals surface area (Å²) in [6, 6.07) is 1.94. The SMILES string of the molecule is Cc1cc(C)n(C[C@H]2CCCO2)c(=O)c1C(=O)N1CCN(C)CC1. The number of ether oxygens (including phenoxy) is 1.